The van der Waals surface area contributed by atoms with E-state index in [0.717, 1.165) is 57.2 Å². The molecule has 0 bridgehead atoms. The van der Waals surface area contributed by atoms with Crippen LogP contribution < -0.4 is 0 Å². The molecule has 8 atom stereocenters. The lowest BCUT2D eigenvalue weighted by Gasteiger charge is -2.61. The van der Waals surface area contributed by atoms with Crippen LogP contribution in [0.25, 0.3) is 0 Å². The van der Waals surface area contributed by atoms with Crippen LogP contribution in [-0.4, -0.2) is 60.3 Å². The zero-order chi connectivity index (χ0) is 20.1. The van der Waals surface area contributed by atoms with Gasteiger partial charge >= 0.3 is 0 Å². The van der Waals surface area contributed by atoms with Gasteiger partial charge in [0, 0.05) is 6.54 Å². The fraction of sp³-hybridized carbons (Fsp3) is 0.957. The maximum absolute atomic E-state index is 11.2. The largest absolute Gasteiger partial charge is 0.394 e. The normalized spacial score (nSPS) is 49.6. The predicted molar refractivity (Wildman–Crippen MR) is 111 cm³/mol. The molecular weight excluding hydrogens is 352 g/mol. The molecule has 5 nitrogen and oxygen atoms in total. The minimum absolute atomic E-state index is 0.0750. The van der Waals surface area contributed by atoms with Gasteiger partial charge in [-0.15, -0.1) is 0 Å². The molecule has 4 aliphatic carbocycles. The lowest BCUT2D eigenvalue weighted by Crippen LogP contribution is -2.58. The first-order valence-corrected chi connectivity index (χ1v) is 11.4. The number of aliphatic hydroxyl groups excluding tert-OH is 2. The highest BCUT2D eigenvalue weighted by Gasteiger charge is 2.61. The third-order valence-electron chi connectivity index (χ3n) is 9.29. The number of fused-ring (bicyclic) bond motifs is 5. The molecule has 4 aliphatic rings. The molecule has 0 spiro atoms. The molecule has 0 aromatic rings. The van der Waals surface area contributed by atoms with Gasteiger partial charge < -0.3 is 20.0 Å². The Morgan fingerprint density at radius 2 is 1.79 bits per heavy atom. The van der Waals surface area contributed by atoms with E-state index < -0.39 is 0 Å². The molecule has 4 saturated carbocycles. The van der Waals surface area contributed by atoms with Crippen LogP contribution >= 0.6 is 0 Å². The Morgan fingerprint density at radius 1 is 1.04 bits per heavy atom. The molecule has 2 N–H and O–H groups in total. The maximum Gasteiger partial charge on any atom is 0.129 e. The van der Waals surface area contributed by atoms with Gasteiger partial charge in [-0.3, -0.25) is 0 Å². The molecule has 160 valence electrons. The smallest absolute Gasteiger partial charge is 0.129 e. The Labute approximate surface area is 170 Å². The number of likely N-dealkylation sites (N-methyl/N-ethyl adjacent to an activating group) is 1. The number of oxime groups is 1. The fourth-order valence-electron chi connectivity index (χ4n) is 7.52. The molecule has 0 aliphatic heterocycles. The van der Waals surface area contributed by atoms with Gasteiger partial charge in [-0.1, -0.05) is 19.0 Å². The first-order chi connectivity index (χ1) is 13.3. The predicted octanol–water partition coefficient (Wildman–Crippen LogP) is 3.30. The maximum atomic E-state index is 11.2. The van der Waals surface area contributed by atoms with Crippen LogP contribution in [0.2, 0.25) is 0 Å². The molecule has 28 heavy (non-hydrogen) atoms. The molecule has 4 rings (SSSR count). The summed E-state index contributed by atoms with van der Waals surface area (Å²) in [4.78, 5) is 7.65. The zero-order valence-corrected chi connectivity index (χ0v) is 18.2. The van der Waals surface area contributed by atoms with Crippen LogP contribution in [0.15, 0.2) is 5.16 Å². The van der Waals surface area contributed by atoms with Gasteiger partial charge in [0.25, 0.3) is 0 Å². The van der Waals surface area contributed by atoms with Crippen LogP contribution in [0.1, 0.15) is 65.2 Å². The van der Waals surface area contributed by atoms with Gasteiger partial charge in [-0.25, -0.2) is 0 Å². The van der Waals surface area contributed by atoms with E-state index in [1.54, 1.807) is 0 Å². The van der Waals surface area contributed by atoms with Crippen molar-refractivity contribution in [1.29, 1.82) is 0 Å². The van der Waals surface area contributed by atoms with Crippen molar-refractivity contribution in [2.24, 2.45) is 39.7 Å². The van der Waals surface area contributed by atoms with E-state index in [4.69, 9.17) is 4.84 Å². The second-order valence-corrected chi connectivity index (χ2v) is 10.9. The number of nitrogens with zero attached hydrogens (tertiary/aromatic N) is 2. The van der Waals surface area contributed by atoms with E-state index in [9.17, 15) is 10.2 Å². The second-order valence-electron chi connectivity index (χ2n) is 10.9. The highest BCUT2D eigenvalue weighted by atomic mass is 16.6. The van der Waals surface area contributed by atoms with Crippen molar-refractivity contribution < 1.29 is 15.1 Å². The highest BCUT2D eigenvalue weighted by molar-refractivity contribution is 5.85. The molecule has 0 saturated heterocycles. The van der Waals surface area contributed by atoms with Gasteiger partial charge in [-0.2, -0.15) is 0 Å². The average Bonchev–Trinajstić information content (AvgIpc) is 2.95. The van der Waals surface area contributed by atoms with Crippen LogP contribution in [0.5, 0.6) is 0 Å². The minimum Gasteiger partial charge on any atom is -0.394 e. The number of hydrogen-bond donors (Lipinski definition) is 2. The van der Waals surface area contributed by atoms with Gasteiger partial charge in [0.15, 0.2) is 0 Å². The van der Waals surface area contributed by atoms with Crippen molar-refractivity contribution in [3.8, 4) is 0 Å². The Balaban J connectivity index is 1.48. The Hall–Kier alpha value is -0.650. The lowest BCUT2D eigenvalue weighted by atomic mass is 9.44. The summed E-state index contributed by atoms with van der Waals surface area (Å²) in [6.07, 6.45) is 7.94. The van der Waals surface area contributed by atoms with Crippen LogP contribution in [-0.2, 0) is 4.84 Å². The summed E-state index contributed by atoms with van der Waals surface area (Å²) in [6.45, 7) is 6.24. The van der Waals surface area contributed by atoms with E-state index in [1.807, 2.05) is 14.1 Å². The van der Waals surface area contributed by atoms with Gasteiger partial charge in [-0.05, 0) is 100.0 Å². The van der Waals surface area contributed by atoms with E-state index in [-0.39, 0.29) is 23.0 Å². The highest BCUT2D eigenvalue weighted by Crippen LogP contribution is 2.65. The summed E-state index contributed by atoms with van der Waals surface area (Å²) >= 11 is 0. The molecule has 4 fully saturated rings. The Morgan fingerprint density at radius 3 is 2.54 bits per heavy atom. The summed E-state index contributed by atoms with van der Waals surface area (Å²) in [6, 6.07) is 0. The van der Waals surface area contributed by atoms with Crippen molar-refractivity contribution in [2.75, 3.05) is 27.2 Å². The van der Waals surface area contributed by atoms with Crippen molar-refractivity contribution in [3.05, 3.63) is 0 Å². The number of rotatable bonds is 4. The summed E-state index contributed by atoms with van der Waals surface area (Å²) < 4.78 is 0. The molecule has 0 heterocycles. The molecule has 0 unspecified atom stereocenters. The van der Waals surface area contributed by atoms with Crippen molar-refractivity contribution in [1.82, 2.24) is 4.90 Å². The molecular formula is C23H40N2O3. The van der Waals surface area contributed by atoms with E-state index in [0.29, 0.717) is 30.3 Å². The third kappa shape index (κ3) is 3.31. The summed E-state index contributed by atoms with van der Waals surface area (Å²) in [5.41, 5.74) is 1.40. The standard InChI is InChI=1S/C23H40N2O3/c1-22-9-7-15(24-28-12-11-25(3)4)13-19(22)20(26)14-16-17-5-6-21(27)23(17,2)10-8-18(16)22/h16-21,26-27H,5-14H2,1-4H3/b24-15+/t16-,17-,18-,19+,20-,21-,22+,23-/m0/s1. The van der Waals surface area contributed by atoms with Crippen LogP contribution in [0.3, 0.4) is 0 Å². The van der Waals surface area contributed by atoms with Crippen LogP contribution in [0.4, 0.5) is 0 Å². The summed E-state index contributed by atoms with van der Waals surface area (Å²) in [7, 11) is 4.08. The van der Waals surface area contributed by atoms with Crippen molar-refractivity contribution >= 4 is 5.71 Å². The van der Waals surface area contributed by atoms with Crippen molar-refractivity contribution in [3.63, 3.8) is 0 Å². The Bertz CT molecular complexity index is 609. The fourth-order valence-corrected chi connectivity index (χ4v) is 7.52. The number of hydrogen-bond acceptors (Lipinski definition) is 5. The topological polar surface area (TPSA) is 65.3 Å². The summed E-state index contributed by atoms with van der Waals surface area (Å²) in [5, 5.41) is 26.2. The molecule has 0 amide bonds. The van der Waals surface area contributed by atoms with Crippen molar-refractivity contribution in [2.45, 2.75) is 77.4 Å². The summed E-state index contributed by atoms with van der Waals surface area (Å²) in [5.74, 6) is 2.13. The monoisotopic (exact) mass is 392 g/mol. The van der Waals surface area contributed by atoms with E-state index in [1.165, 1.54) is 6.42 Å². The zero-order valence-electron chi connectivity index (χ0n) is 18.2. The quantitative estimate of drug-likeness (QED) is 0.569. The molecule has 0 radical (unpaired) electrons. The third-order valence-corrected chi connectivity index (χ3v) is 9.29. The molecule has 5 heteroatoms. The lowest BCUT2D eigenvalue weighted by molar-refractivity contribution is -0.153. The molecule has 0 aromatic heterocycles. The van der Waals surface area contributed by atoms with E-state index in [2.05, 4.69) is 23.9 Å². The van der Waals surface area contributed by atoms with Gasteiger partial charge in [0.1, 0.15) is 6.61 Å². The molecule has 0 aromatic carbocycles. The first kappa shape index (κ1) is 20.6. The van der Waals surface area contributed by atoms with Crippen LogP contribution in [0, 0.1) is 34.5 Å². The van der Waals surface area contributed by atoms with Gasteiger partial charge in [0.05, 0.1) is 17.9 Å². The minimum atomic E-state index is -0.251. The first-order valence-electron chi connectivity index (χ1n) is 11.4. The van der Waals surface area contributed by atoms with Gasteiger partial charge in [0.2, 0.25) is 0 Å². The number of aliphatic hydroxyl groups is 2. The second kappa shape index (κ2) is 7.55. The average molecular weight is 393 g/mol. The Kier molecular flexibility index (Phi) is 5.56. The SMILES string of the molecule is CN(C)CCO/N=C1\CC[C@@]2(C)[C@H](C1)[C@@H](O)C[C@@H]1[C@@H]2CC[C@]2(C)[C@@H](O)CC[C@@H]12. The van der Waals surface area contributed by atoms with E-state index >= 15 is 0 Å².